The van der Waals surface area contributed by atoms with Gasteiger partial charge in [0.1, 0.15) is 5.82 Å². The van der Waals surface area contributed by atoms with Gasteiger partial charge in [0.25, 0.3) is 5.56 Å². The predicted molar refractivity (Wildman–Crippen MR) is 74.7 cm³/mol. The van der Waals surface area contributed by atoms with Crippen molar-refractivity contribution < 1.29 is 9.13 Å². The summed E-state index contributed by atoms with van der Waals surface area (Å²) >= 11 is 0. The molecule has 6 heteroatoms. The first-order chi connectivity index (χ1) is 9.61. The van der Waals surface area contributed by atoms with Crippen LogP contribution in [0.3, 0.4) is 0 Å². The van der Waals surface area contributed by atoms with E-state index in [1.807, 2.05) is 6.92 Å². The van der Waals surface area contributed by atoms with E-state index in [0.29, 0.717) is 18.8 Å². The number of aryl methyl sites for hydroxylation is 1. The zero-order valence-electron chi connectivity index (χ0n) is 11.4. The lowest BCUT2D eigenvalue weighted by molar-refractivity contribution is 0.408. The van der Waals surface area contributed by atoms with E-state index in [-0.39, 0.29) is 17.1 Å². The van der Waals surface area contributed by atoms with Crippen LogP contribution in [0, 0.1) is 12.7 Å². The second-order valence-electron chi connectivity index (χ2n) is 4.36. The molecule has 2 rings (SSSR count). The van der Waals surface area contributed by atoms with Gasteiger partial charge in [0.15, 0.2) is 5.82 Å². The van der Waals surface area contributed by atoms with Crippen molar-refractivity contribution in [3.8, 4) is 5.75 Å². The topological polar surface area (TPSA) is 67.0 Å². The Morgan fingerprint density at radius 2 is 2.25 bits per heavy atom. The Hall–Kier alpha value is -2.37. The third-order valence-electron chi connectivity index (χ3n) is 3.01. The fourth-order valence-electron chi connectivity index (χ4n) is 1.96. The fraction of sp³-hybridized carbons (Fsp3) is 0.286. The number of halogens is 1. The summed E-state index contributed by atoms with van der Waals surface area (Å²) < 4.78 is 18.0. The van der Waals surface area contributed by atoms with Crippen LogP contribution in [0.2, 0.25) is 0 Å². The SMILES string of the molecule is COc1c(NCCc2ccc(F)cc2C)nc[nH]c1=O. The minimum atomic E-state index is -0.331. The molecule has 0 unspecified atom stereocenters. The van der Waals surface area contributed by atoms with Crippen LogP contribution in [0.4, 0.5) is 10.2 Å². The van der Waals surface area contributed by atoms with E-state index < -0.39 is 0 Å². The maximum absolute atomic E-state index is 13.0. The molecule has 0 saturated carbocycles. The average Bonchev–Trinajstić information content (AvgIpc) is 2.41. The number of nitrogens with one attached hydrogen (secondary N) is 2. The number of nitrogens with zero attached hydrogens (tertiary/aromatic N) is 1. The van der Waals surface area contributed by atoms with Crippen molar-refractivity contribution in [1.82, 2.24) is 9.97 Å². The molecule has 0 spiro atoms. The van der Waals surface area contributed by atoms with Crippen LogP contribution >= 0.6 is 0 Å². The Morgan fingerprint density at radius 1 is 1.45 bits per heavy atom. The zero-order chi connectivity index (χ0) is 14.5. The highest BCUT2D eigenvalue weighted by Gasteiger charge is 2.08. The van der Waals surface area contributed by atoms with Crippen molar-refractivity contribution in [3.63, 3.8) is 0 Å². The Morgan fingerprint density at radius 3 is 2.95 bits per heavy atom. The Kier molecular flexibility index (Phi) is 4.34. The van der Waals surface area contributed by atoms with Gasteiger partial charge in [-0.1, -0.05) is 6.07 Å². The molecule has 0 aliphatic rings. The molecule has 0 aliphatic carbocycles. The minimum Gasteiger partial charge on any atom is -0.489 e. The molecule has 1 heterocycles. The molecule has 1 aromatic heterocycles. The van der Waals surface area contributed by atoms with Crippen molar-refractivity contribution >= 4 is 5.82 Å². The first-order valence-electron chi connectivity index (χ1n) is 6.22. The van der Waals surface area contributed by atoms with Crippen LogP contribution in [0.25, 0.3) is 0 Å². The molecule has 0 radical (unpaired) electrons. The minimum absolute atomic E-state index is 0.156. The van der Waals surface area contributed by atoms with Gasteiger partial charge in [0.2, 0.25) is 5.75 Å². The molecule has 1 aromatic carbocycles. The van der Waals surface area contributed by atoms with Gasteiger partial charge in [-0.25, -0.2) is 9.37 Å². The number of anilines is 1. The quantitative estimate of drug-likeness (QED) is 0.875. The number of benzene rings is 1. The summed E-state index contributed by atoms with van der Waals surface area (Å²) in [6, 6.07) is 4.70. The monoisotopic (exact) mass is 277 g/mol. The molecule has 0 saturated heterocycles. The lowest BCUT2D eigenvalue weighted by Crippen LogP contribution is -2.15. The van der Waals surface area contributed by atoms with Gasteiger partial charge in [-0.15, -0.1) is 0 Å². The van der Waals surface area contributed by atoms with E-state index in [1.54, 1.807) is 6.07 Å². The summed E-state index contributed by atoms with van der Waals surface area (Å²) in [6.07, 6.45) is 2.01. The highest BCUT2D eigenvalue weighted by molar-refractivity contribution is 5.47. The lowest BCUT2D eigenvalue weighted by atomic mass is 10.1. The number of H-pyrrole nitrogens is 1. The summed E-state index contributed by atoms with van der Waals surface area (Å²) in [7, 11) is 1.42. The normalized spacial score (nSPS) is 10.3. The van der Waals surface area contributed by atoms with Gasteiger partial charge in [0, 0.05) is 6.54 Å². The summed E-state index contributed by atoms with van der Waals surface area (Å²) in [5.41, 5.74) is 1.61. The van der Waals surface area contributed by atoms with Crippen LogP contribution in [0.15, 0.2) is 29.3 Å². The van der Waals surface area contributed by atoms with E-state index in [2.05, 4.69) is 15.3 Å². The van der Waals surface area contributed by atoms with Gasteiger partial charge < -0.3 is 15.0 Å². The van der Waals surface area contributed by atoms with Gasteiger partial charge in [-0.3, -0.25) is 4.79 Å². The maximum atomic E-state index is 13.0. The summed E-state index contributed by atoms with van der Waals surface area (Å²) in [5.74, 6) is 0.316. The lowest BCUT2D eigenvalue weighted by Gasteiger charge is -2.10. The summed E-state index contributed by atoms with van der Waals surface area (Å²) in [6.45, 7) is 2.43. The standard InChI is InChI=1S/C14H16FN3O2/c1-9-7-11(15)4-3-10(9)5-6-16-13-12(20-2)14(19)18-8-17-13/h3-4,7-8H,5-6H2,1-2H3,(H2,16,17,18,19). The van der Waals surface area contributed by atoms with Crippen molar-refractivity contribution in [2.45, 2.75) is 13.3 Å². The van der Waals surface area contributed by atoms with Crippen LogP contribution < -0.4 is 15.6 Å². The molecule has 106 valence electrons. The van der Waals surface area contributed by atoms with Crippen LogP contribution in [-0.4, -0.2) is 23.6 Å². The van der Waals surface area contributed by atoms with E-state index in [9.17, 15) is 9.18 Å². The van der Waals surface area contributed by atoms with E-state index in [1.165, 1.54) is 25.6 Å². The molecule has 20 heavy (non-hydrogen) atoms. The molecule has 0 aliphatic heterocycles. The number of ether oxygens (including phenoxy) is 1. The Balaban J connectivity index is 2.03. The summed E-state index contributed by atoms with van der Waals surface area (Å²) in [5, 5.41) is 3.05. The Bertz CT molecular complexity index is 655. The maximum Gasteiger partial charge on any atom is 0.295 e. The molecular formula is C14H16FN3O2. The highest BCUT2D eigenvalue weighted by Crippen LogP contribution is 2.15. The second kappa shape index (κ2) is 6.18. The van der Waals surface area contributed by atoms with Gasteiger partial charge in [-0.2, -0.15) is 0 Å². The van der Waals surface area contributed by atoms with Gasteiger partial charge >= 0.3 is 0 Å². The first-order valence-corrected chi connectivity index (χ1v) is 6.22. The molecule has 0 fully saturated rings. The van der Waals surface area contributed by atoms with Crippen LogP contribution in [0.1, 0.15) is 11.1 Å². The molecule has 0 atom stereocenters. The van der Waals surface area contributed by atoms with Crippen LogP contribution in [0.5, 0.6) is 5.75 Å². The number of hydrogen-bond donors (Lipinski definition) is 2. The van der Waals surface area contributed by atoms with Crippen molar-refractivity contribution in [2.24, 2.45) is 0 Å². The summed E-state index contributed by atoms with van der Waals surface area (Å²) in [4.78, 5) is 18.0. The van der Waals surface area contributed by atoms with Crippen molar-refractivity contribution in [3.05, 3.63) is 51.8 Å². The molecule has 2 aromatic rings. The van der Waals surface area contributed by atoms with Gasteiger partial charge in [-0.05, 0) is 36.6 Å². The van der Waals surface area contributed by atoms with Gasteiger partial charge in [0.05, 0.1) is 13.4 Å². The predicted octanol–water partition coefficient (Wildman–Crippen LogP) is 1.88. The highest BCUT2D eigenvalue weighted by atomic mass is 19.1. The smallest absolute Gasteiger partial charge is 0.295 e. The number of aromatic nitrogens is 2. The van der Waals surface area contributed by atoms with E-state index >= 15 is 0 Å². The third-order valence-corrected chi connectivity index (χ3v) is 3.01. The molecule has 0 bridgehead atoms. The third kappa shape index (κ3) is 3.14. The molecule has 2 N–H and O–H groups in total. The second-order valence-corrected chi connectivity index (χ2v) is 4.36. The molecule has 5 nitrogen and oxygen atoms in total. The zero-order valence-corrected chi connectivity index (χ0v) is 11.4. The Labute approximate surface area is 115 Å². The van der Waals surface area contributed by atoms with E-state index in [0.717, 1.165) is 11.1 Å². The van der Waals surface area contributed by atoms with Crippen molar-refractivity contribution in [2.75, 3.05) is 19.0 Å². The average molecular weight is 277 g/mol. The fourth-order valence-corrected chi connectivity index (χ4v) is 1.96. The number of aromatic amines is 1. The van der Waals surface area contributed by atoms with Crippen molar-refractivity contribution in [1.29, 1.82) is 0 Å². The largest absolute Gasteiger partial charge is 0.489 e. The first kappa shape index (κ1) is 14.0. The van der Waals surface area contributed by atoms with E-state index in [4.69, 9.17) is 4.74 Å². The molecular weight excluding hydrogens is 261 g/mol. The molecule has 0 amide bonds. The number of hydrogen-bond acceptors (Lipinski definition) is 4. The number of methoxy groups -OCH3 is 1. The number of rotatable bonds is 5. The van der Waals surface area contributed by atoms with Crippen LogP contribution in [-0.2, 0) is 6.42 Å².